The Bertz CT molecular complexity index is 1450. The Hall–Kier alpha value is -4.06. The highest BCUT2D eigenvalue weighted by molar-refractivity contribution is 8.03. The van der Waals surface area contributed by atoms with Crippen LogP contribution in [0.4, 0.5) is 10.1 Å². The molecule has 1 aliphatic heterocycles. The third-order valence-electron chi connectivity index (χ3n) is 5.77. The summed E-state index contributed by atoms with van der Waals surface area (Å²) in [5.41, 5.74) is 2.87. The molecule has 4 rings (SSSR count). The molecule has 0 fully saturated rings. The molecule has 0 bridgehead atoms. The first kappa shape index (κ1) is 27.0. The van der Waals surface area contributed by atoms with E-state index in [2.05, 4.69) is 16.7 Å². The molecule has 2 N–H and O–H groups in total. The zero-order valence-electron chi connectivity index (χ0n) is 20.3. The van der Waals surface area contributed by atoms with E-state index in [-0.39, 0.29) is 29.4 Å². The second-order valence-electron chi connectivity index (χ2n) is 8.38. The third-order valence-corrected chi connectivity index (χ3v) is 7.13. The van der Waals surface area contributed by atoms with Gasteiger partial charge in [-0.3, -0.25) is 4.79 Å². The fraction of sp³-hybridized carbons (Fsp3) is 0.138. The second kappa shape index (κ2) is 12.5. The second-order valence-corrected chi connectivity index (χ2v) is 9.77. The molecule has 1 atom stereocenters. The van der Waals surface area contributed by atoms with E-state index >= 15 is 0 Å². The number of dihydropyridines is 1. The lowest BCUT2D eigenvalue weighted by atomic mass is 9.82. The Kier molecular flexibility index (Phi) is 8.85. The van der Waals surface area contributed by atoms with E-state index in [0.717, 1.165) is 17.3 Å². The number of thioether (sulfide) groups is 1. The Morgan fingerprint density at radius 2 is 1.76 bits per heavy atom. The lowest BCUT2D eigenvalue weighted by Crippen LogP contribution is -2.29. The van der Waals surface area contributed by atoms with Crippen molar-refractivity contribution < 1.29 is 18.7 Å². The number of benzene rings is 3. The van der Waals surface area contributed by atoms with E-state index in [0.29, 0.717) is 27.0 Å². The number of amides is 1. The first-order valence-electron chi connectivity index (χ1n) is 11.6. The Labute approximate surface area is 229 Å². The van der Waals surface area contributed by atoms with Gasteiger partial charge in [0.05, 0.1) is 33.9 Å². The van der Waals surface area contributed by atoms with Gasteiger partial charge in [-0.1, -0.05) is 71.9 Å². The minimum atomic E-state index is -0.791. The molecule has 1 amide bonds. The van der Waals surface area contributed by atoms with Crippen molar-refractivity contribution in [2.24, 2.45) is 0 Å². The SMILES string of the molecule is CC1=C(C(=O)OCc2ccccc2)[C@@H](c2ccccc2Cl)C(C#N)=C(SCC(=O)Nc2ccc(F)cc2)N1. The van der Waals surface area contributed by atoms with E-state index in [9.17, 15) is 19.2 Å². The topological polar surface area (TPSA) is 91.2 Å². The van der Waals surface area contributed by atoms with Crippen LogP contribution < -0.4 is 10.6 Å². The summed E-state index contributed by atoms with van der Waals surface area (Å²) < 4.78 is 18.8. The highest BCUT2D eigenvalue weighted by atomic mass is 35.5. The summed E-state index contributed by atoms with van der Waals surface area (Å²) >= 11 is 7.65. The van der Waals surface area contributed by atoms with Crippen molar-refractivity contribution in [2.75, 3.05) is 11.1 Å². The van der Waals surface area contributed by atoms with Crippen LogP contribution in [0.5, 0.6) is 0 Å². The zero-order chi connectivity index (χ0) is 27.1. The Morgan fingerprint density at radius 3 is 2.45 bits per heavy atom. The van der Waals surface area contributed by atoms with Crippen LogP contribution in [0, 0.1) is 17.1 Å². The molecule has 0 saturated carbocycles. The van der Waals surface area contributed by atoms with Crippen LogP contribution in [0.2, 0.25) is 5.02 Å². The third kappa shape index (κ3) is 6.43. The number of nitrogens with zero attached hydrogens (tertiary/aromatic N) is 1. The van der Waals surface area contributed by atoms with Gasteiger partial charge in [0.25, 0.3) is 0 Å². The summed E-state index contributed by atoms with van der Waals surface area (Å²) in [6.07, 6.45) is 0. The molecule has 6 nitrogen and oxygen atoms in total. The maximum Gasteiger partial charge on any atom is 0.337 e. The fourth-order valence-corrected chi connectivity index (χ4v) is 5.12. The van der Waals surface area contributed by atoms with Gasteiger partial charge in [0.15, 0.2) is 0 Å². The van der Waals surface area contributed by atoms with Crippen molar-refractivity contribution in [2.45, 2.75) is 19.4 Å². The van der Waals surface area contributed by atoms with Crippen molar-refractivity contribution >= 4 is 40.9 Å². The normalized spacial score (nSPS) is 14.9. The molecule has 9 heteroatoms. The van der Waals surface area contributed by atoms with E-state index in [4.69, 9.17) is 16.3 Å². The minimum Gasteiger partial charge on any atom is -0.457 e. The summed E-state index contributed by atoms with van der Waals surface area (Å²) in [6, 6.07) is 23.9. The summed E-state index contributed by atoms with van der Waals surface area (Å²) in [7, 11) is 0. The van der Waals surface area contributed by atoms with Gasteiger partial charge < -0.3 is 15.4 Å². The van der Waals surface area contributed by atoms with Gasteiger partial charge >= 0.3 is 5.97 Å². The molecule has 0 aromatic heterocycles. The highest BCUT2D eigenvalue weighted by Crippen LogP contribution is 2.43. The summed E-state index contributed by atoms with van der Waals surface area (Å²) in [5.74, 6) is -2.13. The van der Waals surface area contributed by atoms with Crippen LogP contribution in [-0.4, -0.2) is 17.6 Å². The van der Waals surface area contributed by atoms with Gasteiger partial charge in [0.2, 0.25) is 5.91 Å². The largest absolute Gasteiger partial charge is 0.457 e. The predicted octanol–water partition coefficient (Wildman–Crippen LogP) is 6.29. The monoisotopic (exact) mass is 547 g/mol. The first-order chi connectivity index (χ1) is 18.4. The molecule has 192 valence electrons. The van der Waals surface area contributed by atoms with Crippen LogP contribution in [0.1, 0.15) is 24.0 Å². The number of esters is 1. The number of halogens is 2. The van der Waals surface area contributed by atoms with E-state index in [1.807, 2.05) is 30.3 Å². The number of hydrogen-bond acceptors (Lipinski definition) is 6. The Morgan fingerprint density at radius 1 is 1.08 bits per heavy atom. The number of hydrogen-bond donors (Lipinski definition) is 2. The summed E-state index contributed by atoms with van der Waals surface area (Å²) in [5, 5.41) is 16.8. The van der Waals surface area contributed by atoms with Gasteiger partial charge in [-0.25, -0.2) is 9.18 Å². The molecule has 1 heterocycles. The minimum absolute atomic E-state index is 0.0266. The van der Waals surface area contributed by atoms with Gasteiger partial charge in [0.1, 0.15) is 12.4 Å². The van der Waals surface area contributed by atoms with Crippen LogP contribution in [0.25, 0.3) is 0 Å². The molecule has 38 heavy (non-hydrogen) atoms. The maximum absolute atomic E-state index is 13.3. The average Bonchev–Trinajstić information content (AvgIpc) is 2.92. The molecule has 1 aliphatic rings. The van der Waals surface area contributed by atoms with Crippen LogP contribution in [0.15, 0.2) is 101 Å². The number of carbonyl (C=O) groups is 2. The lowest BCUT2D eigenvalue weighted by Gasteiger charge is -2.29. The highest BCUT2D eigenvalue weighted by Gasteiger charge is 2.36. The lowest BCUT2D eigenvalue weighted by molar-refractivity contribution is -0.140. The zero-order valence-corrected chi connectivity index (χ0v) is 21.9. The first-order valence-corrected chi connectivity index (χ1v) is 13.0. The van der Waals surface area contributed by atoms with Crippen molar-refractivity contribution in [3.8, 4) is 6.07 Å². The van der Waals surface area contributed by atoms with E-state index < -0.39 is 17.7 Å². The van der Waals surface area contributed by atoms with Gasteiger partial charge in [-0.05, 0) is 48.4 Å². The summed E-state index contributed by atoms with van der Waals surface area (Å²) in [6.45, 7) is 1.79. The van der Waals surface area contributed by atoms with Gasteiger partial charge in [-0.15, -0.1) is 0 Å². The number of nitrogens with one attached hydrogen (secondary N) is 2. The van der Waals surface area contributed by atoms with Gasteiger partial charge in [-0.2, -0.15) is 5.26 Å². The summed E-state index contributed by atoms with van der Waals surface area (Å²) in [4.78, 5) is 25.9. The number of carbonyl (C=O) groups excluding carboxylic acids is 2. The van der Waals surface area contributed by atoms with Crippen LogP contribution in [0.3, 0.4) is 0 Å². The number of anilines is 1. The van der Waals surface area contributed by atoms with Crippen molar-refractivity contribution in [1.82, 2.24) is 5.32 Å². The van der Waals surface area contributed by atoms with E-state index in [1.54, 1.807) is 31.2 Å². The molecular formula is C29H23ClFN3O3S. The number of nitriles is 1. The number of ether oxygens (including phenoxy) is 1. The average molecular weight is 548 g/mol. The van der Waals surface area contributed by atoms with Crippen LogP contribution in [-0.2, 0) is 20.9 Å². The smallest absolute Gasteiger partial charge is 0.337 e. The molecule has 3 aromatic rings. The van der Waals surface area contributed by atoms with Crippen molar-refractivity contribution in [1.29, 1.82) is 5.26 Å². The van der Waals surface area contributed by atoms with Crippen molar-refractivity contribution in [3.63, 3.8) is 0 Å². The Balaban J connectivity index is 1.60. The molecule has 0 spiro atoms. The number of rotatable bonds is 8. The quantitative estimate of drug-likeness (QED) is 0.322. The molecule has 0 aliphatic carbocycles. The number of allylic oxidation sites excluding steroid dienone is 2. The molecule has 0 unspecified atom stereocenters. The molecule has 0 radical (unpaired) electrons. The predicted molar refractivity (Wildman–Crippen MR) is 146 cm³/mol. The maximum atomic E-state index is 13.3. The van der Waals surface area contributed by atoms with Gasteiger partial charge in [0, 0.05) is 16.4 Å². The van der Waals surface area contributed by atoms with Crippen molar-refractivity contribution in [3.05, 3.63) is 123 Å². The standard InChI is InChI=1S/C29H23ClFN3O3S/c1-18-26(29(36)37-16-19-7-3-2-4-8-19)27(22-9-5-6-10-24(22)30)23(15-32)28(33-18)38-17-25(35)34-21-13-11-20(31)12-14-21/h2-14,27,33H,16-17H2,1H3,(H,34,35)/t27-/m0/s1. The van der Waals surface area contributed by atoms with Crippen LogP contribution >= 0.6 is 23.4 Å². The molecular weight excluding hydrogens is 525 g/mol. The van der Waals surface area contributed by atoms with E-state index in [1.165, 1.54) is 24.3 Å². The molecule has 3 aromatic carbocycles. The molecule has 0 saturated heterocycles. The fourth-order valence-electron chi connectivity index (χ4n) is 3.99.